The monoisotopic (exact) mass is 279 g/mol. The summed E-state index contributed by atoms with van der Waals surface area (Å²) in [6.45, 7) is 2.88. The first-order valence-corrected chi connectivity index (χ1v) is 7.16. The van der Waals surface area contributed by atoms with Gasteiger partial charge in [0.25, 0.3) is 0 Å². The van der Waals surface area contributed by atoms with Gasteiger partial charge in [0.05, 0.1) is 5.52 Å². The van der Waals surface area contributed by atoms with E-state index in [2.05, 4.69) is 11.9 Å². The second kappa shape index (κ2) is 5.04. The van der Waals surface area contributed by atoms with Crippen molar-refractivity contribution < 1.29 is 8.78 Å². The van der Waals surface area contributed by atoms with Crippen LogP contribution >= 0.6 is 0 Å². The lowest BCUT2D eigenvalue weighted by molar-refractivity contribution is 0.267. The number of fused-ring (bicyclic) bond motifs is 1. The lowest BCUT2D eigenvalue weighted by Crippen LogP contribution is -2.19. The molecule has 2 aromatic rings. The fourth-order valence-electron chi connectivity index (χ4n) is 3.13. The number of halogens is 2. The summed E-state index contributed by atoms with van der Waals surface area (Å²) in [5.41, 5.74) is 6.50. The van der Waals surface area contributed by atoms with Gasteiger partial charge >= 0.3 is 0 Å². The summed E-state index contributed by atoms with van der Waals surface area (Å²) in [5.74, 6) is -0.208. The Morgan fingerprint density at radius 1 is 1.25 bits per heavy atom. The van der Waals surface area contributed by atoms with E-state index in [1.165, 1.54) is 18.9 Å². The van der Waals surface area contributed by atoms with E-state index in [4.69, 9.17) is 5.73 Å². The van der Waals surface area contributed by atoms with Crippen LogP contribution in [0.3, 0.4) is 0 Å². The predicted octanol–water partition coefficient (Wildman–Crippen LogP) is 3.72. The molecule has 2 N–H and O–H groups in total. The highest BCUT2D eigenvalue weighted by Gasteiger charge is 2.22. The Labute approximate surface area is 116 Å². The summed E-state index contributed by atoms with van der Waals surface area (Å²) in [7, 11) is 0. The van der Waals surface area contributed by atoms with E-state index in [1.807, 2.05) is 0 Å². The van der Waals surface area contributed by atoms with E-state index in [-0.39, 0.29) is 11.5 Å². The van der Waals surface area contributed by atoms with Gasteiger partial charge in [-0.2, -0.15) is 0 Å². The Kier molecular flexibility index (Phi) is 3.36. The van der Waals surface area contributed by atoms with Crippen molar-refractivity contribution in [3.63, 3.8) is 0 Å². The fourth-order valence-corrected chi connectivity index (χ4v) is 3.13. The lowest BCUT2D eigenvalue weighted by Gasteiger charge is -2.26. The first-order chi connectivity index (χ1) is 9.56. The number of aromatic nitrogens is 2. The molecule has 3 rings (SSSR count). The van der Waals surface area contributed by atoms with Gasteiger partial charge in [-0.25, -0.2) is 13.8 Å². The highest BCUT2D eigenvalue weighted by atomic mass is 19.2. The molecule has 108 valence electrons. The van der Waals surface area contributed by atoms with Gasteiger partial charge in [0, 0.05) is 6.54 Å². The first kappa shape index (κ1) is 13.3. The van der Waals surface area contributed by atoms with Crippen molar-refractivity contribution >= 4 is 17.0 Å². The van der Waals surface area contributed by atoms with Crippen LogP contribution in [0, 0.1) is 23.5 Å². The minimum absolute atomic E-state index is 0.195. The molecule has 0 spiro atoms. The van der Waals surface area contributed by atoms with Crippen LogP contribution in [0.4, 0.5) is 14.7 Å². The smallest absolute Gasteiger partial charge is 0.201 e. The molecule has 0 unspecified atom stereocenters. The third-order valence-electron chi connectivity index (χ3n) is 4.41. The Balaban J connectivity index is 1.94. The maximum atomic E-state index is 14.0. The maximum absolute atomic E-state index is 14.0. The van der Waals surface area contributed by atoms with Gasteiger partial charge in [-0.3, -0.25) is 0 Å². The molecular weight excluding hydrogens is 260 g/mol. The molecule has 3 nitrogen and oxygen atoms in total. The van der Waals surface area contributed by atoms with E-state index in [0.717, 1.165) is 24.8 Å². The van der Waals surface area contributed by atoms with Crippen molar-refractivity contribution in [3.8, 4) is 0 Å². The fraction of sp³-hybridized carbons (Fsp3) is 0.533. The van der Waals surface area contributed by atoms with E-state index >= 15 is 0 Å². The number of hydrogen-bond acceptors (Lipinski definition) is 2. The van der Waals surface area contributed by atoms with E-state index in [0.29, 0.717) is 18.0 Å². The molecule has 0 atom stereocenters. The van der Waals surface area contributed by atoms with Gasteiger partial charge in [0.2, 0.25) is 5.95 Å². The van der Waals surface area contributed by atoms with Crippen LogP contribution in [0.1, 0.15) is 32.6 Å². The number of nitrogens with two attached hydrogens (primary N) is 1. The molecule has 0 amide bonds. The highest BCUT2D eigenvalue weighted by Crippen LogP contribution is 2.31. The molecular formula is C15H19F2N3. The number of imidazole rings is 1. The number of hydrogen-bond donors (Lipinski definition) is 1. The zero-order valence-corrected chi connectivity index (χ0v) is 11.6. The first-order valence-electron chi connectivity index (χ1n) is 7.16. The largest absolute Gasteiger partial charge is 0.369 e. The van der Waals surface area contributed by atoms with Crippen molar-refractivity contribution in [1.82, 2.24) is 9.55 Å². The SMILES string of the molecule is CC1CCC(Cn2c(N)nc3ccc(F)c(F)c32)CC1. The summed E-state index contributed by atoms with van der Waals surface area (Å²) in [5, 5.41) is 0. The van der Waals surface area contributed by atoms with E-state index in [1.54, 1.807) is 4.57 Å². The van der Waals surface area contributed by atoms with Crippen molar-refractivity contribution in [1.29, 1.82) is 0 Å². The van der Waals surface area contributed by atoms with Crippen LogP contribution < -0.4 is 5.73 Å². The van der Waals surface area contributed by atoms with Crippen LogP contribution in [0.5, 0.6) is 0 Å². The summed E-state index contributed by atoms with van der Waals surface area (Å²) in [4.78, 5) is 4.13. The standard InChI is InChI=1S/C15H19F2N3/c1-9-2-4-10(5-3-9)8-20-14-12(19-15(20)18)7-6-11(16)13(14)17/h6-7,9-10H,2-5,8H2,1H3,(H2,18,19). The highest BCUT2D eigenvalue weighted by molar-refractivity contribution is 5.79. The summed E-state index contributed by atoms with van der Waals surface area (Å²) >= 11 is 0. The third kappa shape index (κ3) is 2.25. The number of anilines is 1. The average molecular weight is 279 g/mol. The second-order valence-corrected chi connectivity index (χ2v) is 5.94. The third-order valence-corrected chi connectivity index (χ3v) is 4.41. The molecule has 0 bridgehead atoms. The van der Waals surface area contributed by atoms with Gasteiger partial charge in [-0.1, -0.05) is 19.8 Å². The van der Waals surface area contributed by atoms with Crippen LogP contribution in [-0.4, -0.2) is 9.55 Å². The molecule has 0 radical (unpaired) electrons. The minimum Gasteiger partial charge on any atom is -0.369 e. The Bertz CT molecular complexity index is 628. The van der Waals surface area contributed by atoms with Gasteiger partial charge in [0.1, 0.15) is 5.52 Å². The lowest BCUT2D eigenvalue weighted by atomic mass is 9.83. The van der Waals surface area contributed by atoms with Gasteiger partial charge in [-0.15, -0.1) is 0 Å². The van der Waals surface area contributed by atoms with Gasteiger partial charge in [0.15, 0.2) is 11.6 Å². The molecule has 1 aliphatic rings. The quantitative estimate of drug-likeness (QED) is 0.910. The van der Waals surface area contributed by atoms with Crippen molar-refractivity contribution in [2.45, 2.75) is 39.2 Å². The Hall–Kier alpha value is -1.65. The van der Waals surface area contributed by atoms with E-state index < -0.39 is 11.6 Å². The molecule has 0 saturated heterocycles. The zero-order chi connectivity index (χ0) is 14.3. The average Bonchev–Trinajstić information content (AvgIpc) is 2.74. The normalized spacial score (nSPS) is 23.4. The molecule has 0 aliphatic heterocycles. The second-order valence-electron chi connectivity index (χ2n) is 5.94. The molecule has 1 saturated carbocycles. The van der Waals surface area contributed by atoms with Crippen molar-refractivity contribution in [2.75, 3.05) is 5.73 Å². The van der Waals surface area contributed by atoms with Crippen LogP contribution in [-0.2, 0) is 6.54 Å². The number of benzene rings is 1. The summed E-state index contributed by atoms with van der Waals surface area (Å²) in [6, 6.07) is 2.57. The summed E-state index contributed by atoms with van der Waals surface area (Å²) in [6.07, 6.45) is 4.59. The maximum Gasteiger partial charge on any atom is 0.201 e. The number of nitrogens with zero attached hydrogens (tertiary/aromatic N) is 2. The van der Waals surface area contributed by atoms with Gasteiger partial charge in [-0.05, 0) is 36.8 Å². The minimum atomic E-state index is -0.851. The molecule has 1 heterocycles. The predicted molar refractivity (Wildman–Crippen MR) is 75.2 cm³/mol. The van der Waals surface area contributed by atoms with Crippen LogP contribution in [0.15, 0.2) is 12.1 Å². The van der Waals surface area contributed by atoms with Crippen LogP contribution in [0.2, 0.25) is 0 Å². The van der Waals surface area contributed by atoms with Crippen molar-refractivity contribution in [3.05, 3.63) is 23.8 Å². The van der Waals surface area contributed by atoms with Crippen LogP contribution in [0.25, 0.3) is 11.0 Å². The molecule has 5 heteroatoms. The zero-order valence-electron chi connectivity index (χ0n) is 11.6. The molecule has 1 aromatic carbocycles. The summed E-state index contributed by atoms with van der Waals surface area (Å²) < 4.78 is 29.0. The number of rotatable bonds is 2. The molecule has 1 aliphatic carbocycles. The number of nitrogen functional groups attached to an aromatic ring is 1. The van der Waals surface area contributed by atoms with Gasteiger partial charge < -0.3 is 10.3 Å². The molecule has 1 fully saturated rings. The molecule has 1 aromatic heterocycles. The topological polar surface area (TPSA) is 43.8 Å². The Morgan fingerprint density at radius 3 is 2.65 bits per heavy atom. The van der Waals surface area contributed by atoms with E-state index in [9.17, 15) is 8.78 Å². The van der Waals surface area contributed by atoms with Crippen molar-refractivity contribution in [2.24, 2.45) is 11.8 Å². The molecule has 20 heavy (non-hydrogen) atoms. The Morgan fingerprint density at radius 2 is 1.95 bits per heavy atom.